The van der Waals surface area contributed by atoms with Crippen LogP contribution < -0.4 is 0 Å². The Bertz CT molecular complexity index is 213. The van der Waals surface area contributed by atoms with E-state index in [-0.39, 0.29) is 5.41 Å². The van der Waals surface area contributed by atoms with Crippen molar-refractivity contribution in [1.29, 1.82) is 0 Å². The SMILES string of the molecule is C[C@@H]1CC2(C[C@]1(C)CO)SCCCS2. The Morgan fingerprint density at radius 2 is 2.00 bits per heavy atom. The predicted octanol–water partition coefficient (Wildman–Crippen LogP) is 2.98. The van der Waals surface area contributed by atoms with Crippen LogP contribution in [0.4, 0.5) is 0 Å². The van der Waals surface area contributed by atoms with E-state index in [0.29, 0.717) is 16.6 Å². The zero-order chi connectivity index (χ0) is 10.2. The maximum atomic E-state index is 9.49. The minimum absolute atomic E-state index is 0.178. The van der Waals surface area contributed by atoms with Crippen molar-refractivity contribution in [2.45, 2.75) is 37.2 Å². The van der Waals surface area contributed by atoms with Gasteiger partial charge in [0.2, 0.25) is 0 Å². The number of rotatable bonds is 1. The second-order valence-electron chi connectivity index (χ2n) is 5.06. The van der Waals surface area contributed by atoms with Crippen molar-refractivity contribution in [3.8, 4) is 0 Å². The van der Waals surface area contributed by atoms with Crippen LogP contribution in [0.15, 0.2) is 0 Å². The first-order valence-electron chi connectivity index (χ1n) is 5.49. The van der Waals surface area contributed by atoms with E-state index in [1.807, 2.05) is 0 Å². The molecule has 2 rings (SSSR count). The van der Waals surface area contributed by atoms with Gasteiger partial charge in [-0.1, -0.05) is 13.8 Å². The van der Waals surface area contributed by atoms with E-state index in [4.69, 9.17) is 0 Å². The number of aliphatic hydroxyl groups excluding tert-OH is 1. The van der Waals surface area contributed by atoms with Crippen molar-refractivity contribution < 1.29 is 5.11 Å². The summed E-state index contributed by atoms with van der Waals surface area (Å²) in [7, 11) is 0. The van der Waals surface area contributed by atoms with Crippen LogP contribution in [0, 0.1) is 11.3 Å². The normalized spacial score (nSPS) is 41.8. The minimum atomic E-state index is 0.178. The summed E-state index contributed by atoms with van der Waals surface area (Å²) in [5, 5.41) is 9.49. The number of hydrogen-bond acceptors (Lipinski definition) is 3. The standard InChI is InChI=1S/C11H20OS2/c1-9-6-11(7-10(9,2)8-12)13-4-3-5-14-11/h9,12H,3-8H2,1-2H3/t9-,10-/m1/s1. The molecule has 2 aliphatic rings. The second-order valence-corrected chi connectivity index (χ2v) is 8.27. The first kappa shape index (κ1) is 11.2. The first-order valence-corrected chi connectivity index (χ1v) is 7.46. The van der Waals surface area contributed by atoms with Crippen molar-refractivity contribution >= 4 is 23.5 Å². The van der Waals surface area contributed by atoms with E-state index >= 15 is 0 Å². The summed E-state index contributed by atoms with van der Waals surface area (Å²) < 4.78 is 0.454. The van der Waals surface area contributed by atoms with Gasteiger partial charge in [0.15, 0.2) is 0 Å². The monoisotopic (exact) mass is 232 g/mol. The fourth-order valence-corrected chi connectivity index (χ4v) is 6.56. The van der Waals surface area contributed by atoms with Crippen molar-refractivity contribution in [2.75, 3.05) is 18.1 Å². The van der Waals surface area contributed by atoms with Crippen LogP contribution >= 0.6 is 23.5 Å². The summed E-state index contributed by atoms with van der Waals surface area (Å²) in [5.41, 5.74) is 0.178. The van der Waals surface area contributed by atoms with Gasteiger partial charge in [-0.15, -0.1) is 23.5 Å². The van der Waals surface area contributed by atoms with Gasteiger partial charge in [0.1, 0.15) is 0 Å². The largest absolute Gasteiger partial charge is 0.396 e. The van der Waals surface area contributed by atoms with Gasteiger partial charge in [-0.3, -0.25) is 0 Å². The summed E-state index contributed by atoms with van der Waals surface area (Å²) in [4.78, 5) is 0. The molecule has 82 valence electrons. The van der Waals surface area contributed by atoms with Crippen molar-refractivity contribution in [1.82, 2.24) is 0 Å². The topological polar surface area (TPSA) is 20.2 Å². The molecule has 1 saturated heterocycles. The fraction of sp³-hybridized carbons (Fsp3) is 1.00. The molecule has 1 saturated carbocycles. The lowest BCUT2D eigenvalue weighted by molar-refractivity contribution is 0.110. The van der Waals surface area contributed by atoms with Crippen molar-refractivity contribution in [3.63, 3.8) is 0 Å². The van der Waals surface area contributed by atoms with Crippen LogP contribution in [0.25, 0.3) is 0 Å². The van der Waals surface area contributed by atoms with Gasteiger partial charge >= 0.3 is 0 Å². The van der Waals surface area contributed by atoms with Crippen LogP contribution in [0.2, 0.25) is 0 Å². The molecule has 14 heavy (non-hydrogen) atoms. The highest BCUT2D eigenvalue weighted by Crippen LogP contribution is 2.60. The Labute approximate surface area is 95.4 Å². The maximum absolute atomic E-state index is 9.49. The van der Waals surface area contributed by atoms with Crippen LogP contribution in [0.1, 0.15) is 33.1 Å². The van der Waals surface area contributed by atoms with E-state index in [1.54, 1.807) is 0 Å². The molecule has 1 aliphatic heterocycles. The molecule has 0 aromatic rings. The third kappa shape index (κ3) is 1.83. The molecule has 3 heteroatoms. The molecule has 0 radical (unpaired) electrons. The van der Waals surface area contributed by atoms with Gasteiger partial charge in [0.25, 0.3) is 0 Å². The van der Waals surface area contributed by atoms with E-state index in [1.165, 1.54) is 30.8 Å². The van der Waals surface area contributed by atoms with Crippen LogP contribution in [0.3, 0.4) is 0 Å². The highest BCUT2D eigenvalue weighted by molar-refractivity contribution is 8.18. The van der Waals surface area contributed by atoms with Crippen molar-refractivity contribution in [3.05, 3.63) is 0 Å². The van der Waals surface area contributed by atoms with Gasteiger partial charge in [-0.05, 0) is 42.1 Å². The van der Waals surface area contributed by atoms with Crippen LogP contribution in [-0.4, -0.2) is 27.3 Å². The van der Waals surface area contributed by atoms with E-state index in [0.717, 1.165) is 0 Å². The Hall–Kier alpha value is 0.660. The van der Waals surface area contributed by atoms with Gasteiger partial charge in [-0.2, -0.15) is 0 Å². The Balaban J connectivity index is 2.10. The Kier molecular flexibility index (Phi) is 3.12. The van der Waals surface area contributed by atoms with E-state index < -0.39 is 0 Å². The average Bonchev–Trinajstić information content (AvgIpc) is 2.41. The highest BCUT2D eigenvalue weighted by atomic mass is 32.2. The van der Waals surface area contributed by atoms with Crippen LogP contribution in [0.5, 0.6) is 0 Å². The molecule has 2 atom stereocenters. The lowest BCUT2D eigenvalue weighted by atomic mass is 9.82. The minimum Gasteiger partial charge on any atom is -0.396 e. The molecule has 0 aromatic heterocycles. The molecule has 1 heterocycles. The second kappa shape index (κ2) is 3.91. The zero-order valence-electron chi connectivity index (χ0n) is 9.08. The highest BCUT2D eigenvalue weighted by Gasteiger charge is 2.51. The molecule has 2 fully saturated rings. The summed E-state index contributed by atoms with van der Waals surface area (Å²) in [6.07, 6.45) is 3.85. The number of aliphatic hydroxyl groups is 1. The third-order valence-corrected chi connectivity index (χ3v) is 7.23. The molecule has 0 amide bonds. The lowest BCUT2D eigenvalue weighted by Gasteiger charge is -2.33. The molecule has 0 bridgehead atoms. The average molecular weight is 232 g/mol. The van der Waals surface area contributed by atoms with Gasteiger partial charge in [0, 0.05) is 6.61 Å². The Morgan fingerprint density at radius 1 is 1.36 bits per heavy atom. The van der Waals surface area contributed by atoms with Crippen molar-refractivity contribution in [2.24, 2.45) is 11.3 Å². The molecule has 0 aromatic carbocycles. The molecule has 1 spiro atoms. The zero-order valence-corrected chi connectivity index (χ0v) is 10.7. The van der Waals surface area contributed by atoms with E-state index in [2.05, 4.69) is 37.4 Å². The van der Waals surface area contributed by atoms with Gasteiger partial charge < -0.3 is 5.11 Å². The quantitative estimate of drug-likeness (QED) is 0.750. The maximum Gasteiger partial charge on any atom is 0.0620 e. The summed E-state index contributed by atoms with van der Waals surface area (Å²) >= 11 is 4.29. The fourth-order valence-electron chi connectivity index (χ4n) is 2.62. The smallest absolute Gasteiger partial charge is 0.0620 e. The van der Waals surface area contributed by atoms with Gasteiger partial charge in [0.05, 0.1) is 4.08 Å². The van der Waals surface area contributed by atoms with Crippen LogP contribution in [-0.2, 0) is 0 Å². The van der Waals surface area contributed by atoms with Gasteiger partial charge in [-0.25, -0.2) is 0 Å². The third-order valence-electron chi connectivity index (χ3n) is 3.86. The number of hydrogen-bond donors (Lipinski definition) is 1. The summed E-state index contributed by atoms with van der Waals surface area (Å²) in [5.74, 6) is 3.31. The molecular weight excluding hydrogens is 212 g/mol. The Morgan fingerprint density at radius 3 is 2.50 bits per heavy atom. The first-order chi connectivity index (χ1) is 6.60. The molecule has 1 aliphatic carbocycles. The molecule has 0 unspecified atom stereocenters. The lowest BCUT2D eigenvalue weighted by Crippen LogP contribution is -2.27. The molecule has 1 nitrogen and oxygen atoms in total. The summed E-state index contributed by atoms with van der Waals surface area (Å²) in [6, 6.07) is 0. The number of thioether (sulfide) groups is 2. The molecular formula is C11H20OS2. The van der Waals surface area contributed by atoms with E-state index in [9.17, 15) is 5.11 Å². The molecule has 1 N–H and O–H groups in total. The summed E-state index contributed by atoms with van der Waals surface area (Å²) in [6.45, 7) is 4.92. The predicted molar refractivity (Wildman–Crippen MR) is 65.9 cm³/mol.